The summed E-state index contributed by atoms with van der Waals surface area (Å²) in [5, 5.41) is 0. The highest BCUT2D eigenvalue weighted by Gasteiger charge is 2.28. The van der Waals surface area contributed by atoms with Gasteiger partial charge in [-0.3, -0.25) is 14.2 Å². The van der Waals surface area contributed by atoms with Crippen LogP contribution in [0.5, 0.6) is 6.01 Å². The topological polar surface area (TPSA) is 77.3 Å². The van der Waals surface area contributed by atoms with Gasteiger partial charge in [-0.1, -0.05) is 0 Å². The van der Waals surface area contributed by atoms with Gasteiger partial charge >= 0.3 is 6.01 Å². The Balaban J connectivity index is 1.50. The number of ether oxygens (including phenoxy) is 1. The van der Waals surface area contributed by atoms with Gasteiger partial charge in [-0.15, -0.1) is 0 Å². The standard InChI is InChI=1S/C22H21FN4O3/c1-15-7-14-27(17-5-3-16(23)4-6-17)21(29)19(15)20(28)26-12-8-18(9-13-26)30-22-24-10-2-11-25-22/h2-7,10-11,14,18H,8-9,12-13H2,1H3. The van der Waals surface area contributed by atoms with Gasteiger partial charge in [-0.05, 0) is 48.9 Å². The summed E-state index contributed by atoms with van der Waals surface area (Å²) in [6, 6.07) is 9.34. The Kier molecular flexibility index (Phi) is 5.56. The number of pyridine rings is 1. The van der Waals surface area contributed by atoms with Crippen LogP contribution in [0.25, 0.3) is 5.69 Å². The monoisotopic (exact) mass is 408 g/mol. The molecule has 1 fully saturated rings. The predicted octanol–water partition coefficient (Wildman–Crippen LogP) is 2.76. The van der Waals surface area contributed by atoms with Crippen molar-refractivity contribution < 1.29 is 13.9 Å². The van der Waals surface area contributed by atoms with Crippen LogP contribution in [0.15, 0.2) is 59.8 Å². The number of aromatic nitrogens is 3. The van der Waals surface area contributed by atoms with Crippen LogP contribution in [0.1, 0.15) is 28.8 Å². The number of likely N-dealkylation sites (tertiary alicyclic amines) is 1. The Morgan fingerprint density at radius 2 is 1.77 bits per heavy atom. The van der Waals surface area contributed by atoms with Crippen molar-refractivity contribution in [1.82, 2.24) is 19.4 Å². The fraction of sp³-hybridized carbons (Fsp3) is 0.273. The van der Waals surface area contributed by atoms with Gasteiger partial charge in [0, 0.05) is 50.2 Å². The molecule has 1 aromatic carbocycles. The molecule has 0 bridgehead atoms. The molecule has 0 N–H and O–H groups in total. The minimum atomic E-state index is -0.414. The number of aryl methyl sites for hydroxylation is 1. The van der Waals surface area contributed by atoms with Crippen LogP contribution in [0.4, 0.5) is 4.39 Å². The van der Waals surface area contributed by atoms with E-state index in [9.17, 15) is 14.0 Å². The number of hydrogen-bond acceptors (Lipinski definition) is 5. The summed E-state index contributed by atoms with van der Waals surface area (Å²) >= 11 is 0. The molecule has 1 aliphatic heterocycles. The molecule has 0 spiro atoms. The van der Waals surface area contributed by atoms with Crippen LogP contribution < -0.4 is 10.3 Å². The molecular formula is C22H21FN4O3. The number of rotatable bonds is 4. The van der Waals surface area contributed by atoms with Crippen molar-refractivity contribution in [2.45, 2.75) is 25.9 Å². The smallest absolute Gasteiger partial charge is 0.316 e. The lowest BCUT2D eigenvalue weighted by atomic mass is 10.0. The maximum Gasteiger partial charge on any atom is 0.316 e. The van der Waals surface area contributed by atoms with Gasteiger partial charge in [0.15, 0.2) is 0 Å². The molecule has 30 heavy (non-hydrogen) atoms. The first-order valence-corrected chi connectivity index (χ1v) is 9.74. The van der Waals surface area contributed by atoms with Crippen molar-refractivity contribution in [3.8, 4) is 11.7 Å². The highest BCUT2D eigenvalue weighted by molar-refractivity contribution is 5.95. The van der Waals surface area contributed by atoms with Crippen LogP contribution in [-0.4, -0.2) is 44.5 Å². The molecule has 1 saturated heterocycles. The highest BCUT2D eigenvalue weighted by Crippen LogP contribution is 2.18. The summed E-state index contributed by atoms with van der Waals surface area (Å²) in [5.74, 6) is -0.690. The summed E-state index contributed by atoms with van der Waals surface area (Å²) in [7, 11) is 0. The van der Waals surface area contributed by atoms with E-state index in [1.807, 2.05) is 0 Å². The van der Waals surface area contributed by atoms with E-state index >= 15 is 0 Å². The minimum Gasteiger partial charge on any atom is -0.460 e. The molecule has 154 valence electrons. The first-order chi connectivity index (χ1) is 14.5. The van der Waals surface area contributed by atoms with Crippen LogP contribution in [0, 0.1) is 12.7 Å². The summed E-state index contributed by atoms with van der Waals surface area (Å²) in [4.78, 5) is 36.0. The second-order valence-corrected chi connectivity index (χ2v) is 7.17. The second kappa shape index (κ2) is 8.44. The van der Waals surface area contributed by atoms with Gasteiger partial charge < -0.3 is 9.64 Å². The van der Waals surface area contributed by atoms with Gasteiger partial charge in [0.2, 0.25) is 0 Å². The number of hydrogen-bond donors (Lipinski definition) is 0. The molecule has 0 aliphatic carbocycles. The Morgan fingerprint density at radius 3 is 2.43 bits per heavy atom. The van der Waals surface area contributed by atoms with Crippen molar-refractivity contribution in [1.29, 1.82) is 0 Å². The average Bonchev–Trinajstić information content (AvgIpc) is 2.76. The summed E-state index contributed by atoms with van der Waals surface area (Å²) in [6.45, 7) is 2.69. The van der Waals surface area contributed by atoms with Crippen molar-refractivity contribution >= 4 is 5.91 Å². The lowest BCUT2D eigenvalue weighted by Gasteiger charge is -2.31. The van der Waals surface area contributed by atoms with Gasteiger partial charge in [0.05, 0.1) is 0 Å². The Labute approximate surface area is 172 Å². The third-order valence-corrected chi connectivity index (χ3v) is 5.16. The highest BCUT2D eigenvalue weighted by atomic mass is 19.1. The molecular weight excluding hydrogens is 387 g/mol. The first kappa shape index (κ1) is 19.8. The molecule has 0 atom stereocenters. The number of halogens is 1. The Hall–Kier alpha value is -3.55. The third kappa shape index (κ3) is 4.07. The molecule has 1 amide bonds. The van der Waals surface area contributed by atoms with E-state index < -0.39 is 5.56 Å². The van der Waals surface area contributed by atoms with Crippen LogP contribution in [0.3, 0.4) is 0 Å². The van der Waals surface area contributed by atoms with Gasteiger partial charge in [0.1, 0.15) is 17.5 Å². The quantitative estimate of drug-likeness (QED) is 0.664. The summed E-state index contributed by atoms with van der Waals surface area (Å²) in [6.07, 6.45) is 6.01. The normalized spacial score (nSPS) is 14.5. The third-order valence-electron chi connectivity index (χ3n) is 5.16. The molecule has 1 aliphatic rings. The number of piperidine rings is 1. The molecule has 3 aromatic rings. The van der Waals surface area contributed by atoms with E-state index in [1.54, 1.807) is 42.5 Å². The van der Waals surface area contributed by atoms with Crippen LogP contribution in [0.2, 0.25) is 0 Å². The SMILES string of the molecule is Cc1ccn(-c2ccc(F)cc2)c(=O)c1C(=O)N1CCC(Oc2ncccn2)CC1. The molecule has 8 heteroatoms. The zero-order valence-corrected chi connectivity index (χ0v) is 16.5. The molecule has 0 radical (unpaired) electrons. The lowest BCUT2D eigenvalue weighted by Crippen LogP contribution is -2.44. The van der Waals surface area contributed by atoms with E-state index in [2.05, 4.69) is 9.97 Å². The maximum atomic E-state index is 13.2. The number of carbonyl (C=O) groups is 1. The lowest BCUT2D eigenvalue weighted by molar-refractivity contribution is 0.0576. The summed E-state index contributed by atoms with van der Waals surface area (Å²) in [5.41, 5.74) is 0.833. The van der Waals surface area contributed by atoms with E-state index in [1.165, 1.54) is 28.8 Å². The zero-order chi connectivity index (χ0) is 21.1. The minimum absolute atomic E-state index is 0.0795. The number of benzene rings is 1. The molecule has 7 nitrogen and oxygen atoms in total. The van der Waals surface area contributed by atoms with Gasteiger partial charge in [-0.25, -0.2) is 14.4 Å². The first-order valence-electron chi connectivity index (χ1n) is 9.74. The van der Waals surface area contributed by atoms with Gasteiger partial charge in [0.25, 0.3) is 11.5 Å². The van der Waals surface area contributed by atoms with Crippen LogP contribution >= 0.6 is 0 Å². The molecule has 2 aromatic heterocycles. The predicted molar refractivity (Wildman–Crippen MR) is 108 cm³/mol. The number of carbonyl (C=O) groups excluding carboxylic acids is 1. The second-order valence-electron chi connectivity index (χ2n) is 7.17. The Bertz CT molecular complexity index is 1090. The largest absolute Gasteiger partial charge is 0.460 e. The Morgan fingerprint density at radius 1 is 1.10 bits per heavy atom. The maximum absolute atomic E-state index is 13.2. The molecule has 0 unspecified atom stereocenters. The van der Waals surface area contributed by atoms with Crippen molar-refractivity contribution in [3.63, 3.8) is 0 Å². The fourth-order valence-electron chi connectivity index (χ4n) is 3.52. The number of amides is 1. The summed E-state index contributed by atoms with van der Waals surface area (Å²) < 4.78 is 20.4. The average molecular weight is 408 g/mol. The van der Waals surface area contributed by atoms with Gasteiger partial charge in [-0.2, -0.15) is 0 Å². The van der Waals surface area contributed by atoms with Crippen molar-refractivity contribution in [2.24, 2.45) is 0 Å². The fourth-order valence-corrected chi connectivity index (χ4v) is 3.52. The number of nitrogens with zero attached hydrogens (tertiary/aromatic N) is 4. The van der Waals surface area contributed by atoms with Crippen molar-refractivity contribution in [2.75, 3.05) is 13.1 Å². The molecule has 0 saturated carbocycles. The van der Waals surface area contributed by atoms with E-state index in [0.29, 0.717) is 43.2 Å². The molecule has 3 heterocycles. The molecule has 4 rings (SSSR count). The van der Waals surface area contributed by atoms with Crippen LogP contribution in [-0.2, 0) is 0 Å². The van der Waals surface area contributed by atoms with E-state index in [-0.39, 0.29) is 23.4 Å². The van der Waals surface area contributed by atoms with E-state index in [4.69, 9.17) is 4.74 Å². The van der Waals surface area contributed by atoms with Crippen molar-refractivity contribution in [3.05, 3.63) is 82.3 Å². The van der Waals surface area contributed by atoms with E-state index in [0.717, 1.165) is 0 Å². The zero-order valence-electron chi connectivity index (χ0n) is 16.5.